The van der Waals surface area contributed by atoms with Crippen LogP contribution in [0.25, 0.3) is 0 Å². The van der Waals surface area contributed by atoms with E-state index in [0.717, 1.165) is 36.6 Å². The quantitative estimate of drug-likeness (QED) is 0.846. The molecule has 1 aliphatic rings. The van der Waals surface area contributed by atoms with Gasteiger partial charge in [0.1, 0.15) is 0 Å². The third kappa shape index (κ3) is 3.92. The highest BCUT2D eigenvalue weighted by atomic mass is 35.5. The number of aliphatic hydroxyl groups is 1. The maximum atomic E-state index is 9.45. The molecule has 1 aromatic rings. The van der Waals surface area contributed by atoms with Gasteiger partial charge in [-0.25, -0.2) is 4.98 Å². The number of halogens is 1. The smallest absolute Gasteiger partial charge is 0.0941 e. The van der Waals surface area contributed by atoms with Gasteiger partial charge in [-0.2, -0.15) is 0 Å². The fourth-order valence-corrected chi connectivity index (χ4v) is 3.52. The Hall–Kier alpha value is -0.160. The van der Waals surface area contributed by atoms with Gasteiger partial charge in [0.05, 0.1) is 23.2 Å². The molecule has 1 fully saturated rings. The lowest BCUT2D eigenvalue weighted by atomic mass is 10.1. The average Bonchev–Trinajstić information content (AvgIpc) is 2.74. The van der Waals surface area contributed by atoms with Crippen LogP contribution in [0.3, 0.4) is 0 Å². The largest absolute Gasteiger partial charge is 0.395 e. The summed E-state index contributed by atoms with van der Waals surface area (Å²) in [6.07, 6.45) is 5.89. The summed E-state index contributed by atoms with van der Waals surface area (Å²) in [7, 11) is 0. The topological polar surface area (TPSA) is 36.4 Å². The number of hydrogen-bond donors (Lipinski definition) is 1. The molecule has 1 atom stereocenters. The first-order valence-corrected chi connectivity index (χ1v) is 8.09. The van der Waals surface area contributed by atoms with Crippen molar-refractivity contribution >= 4 is 22.9 Å². The van der Waals surface area contributed by atoms with E-state index in [1.807, 2.05) is 5.38 Å². The molecule has 0 radical (unpaired) electrons. The first kappa shape index (κ1) is 14.3. The Kier molecular flexibility index (Phi) is 5.89. The second-order valence-corrected chi connectivity index (χ2v) is 6.05. The van der Waals surface area contributed by atoms with Crippen molar-refractivity contribution in [1.29, 1.82) is 0 Å². The predicted octanol–water partition coefficient (Wildman–Crippen LogP) is 2.66. The van der Waals surface area contributed by atoms with Gasteiger partial charge in [-0.05, 0) is 19.4 Å². The predicted molar refractivity (Wildman–Crippen MR) is 76.3 cm³/mol. The number of rotatable bonds is 5. The molecule has 1 aliphatic heterocycles. The van der Waals surface area contributed by atoms with Gasteiger partial charge in [0, 0.05) is 24.4 Å². The molecule has 3 nitrogen and oxygen atoms in total. The summed E-state index contributed by atoms with van der Waals surface area (Å²) in [5, 5.41) is 12.6. The van der Waals surface area contributed by atoms with E-state index >= 15 is 0 Å². The Labute approximate surface area is 118 Å². The van der Waals surface area contributed by atoms with Crippen molar-refractivity contribution in [1.82, 2.24) is 9.88 Å². The van der Waals surface area contributed by atoms with E-state index in [4.69, 9.17) is 11.6 Å². The lowest BCUT2D eigenvalue weighted by Crippen LogP contribution is -2.38. The van der Waals surface area contributed by atoms with Crippen molar-refractivity contribution in [3.8, 4) is 0 Å². The number of nitrogens with zero attached hydrogens (tertiary/aromatic N) is 2. The molecule has 0 bridgehead atoms. The third-order valence-corrected chi connectivity index (χ3v) is 4.79. The SMILES string of the molecule is OCC1CCCCCN1CCc1nc(CCl)cs1. The number of aromatic nitrogens is 1. The van der Waals surface area contributed by atoms with Crippen LogP contribution in [-0.2, 0) is 12.3 Å². The van der Waals surface area contributed by atoms with Crippen molar-refractivity contribution < 1.29 is 5.11 Å². The summed E-state index contributed by atoms with van der Waals surface area (Å²) in [4.78, 5) is 6.91. The van der Waals surface area contributed by atoms with Crippen LogP contribution in [0.1, 0.15) is 36.4 Å². The van der Waals surface area contributed by atoms with Gasteiger partial charge in [-0.3, -0.25) is 4.90 Å². The molecule has 0 aromatic carbocycles. The van der Waals surface area contributed by atoms with Crippen LogP contribution in [0.15, 0.2) is 5.38 Å². The molecule has 102 valence electrons. The van der Waals surface area contributed by atoms with Gasteiger partial charge in [0.2, 0.25) is 0 Å². The van der Waals surface area contributed by atoms with Crippen LogP contribution in [0.4, 0.5) is 0 Å². The minimum atomic E-state index is 0.283. The molecule has 0 spiro atoms. The second kappa shape index (κ2) is 7.43. The highest BCUT2D eigenvalue weighted by Crippen LogP contribution is 2.18. The number of aliphatic hydroxyl groups excluding tert-OH is 1. The Bertz CT molecular complexity index is 359. The van der Waals surface area contributed by atoms with Crippen LogP contribution in [-0.4, -0.2) is 40.7 Å². The molecule has 1 saturated heterocycles. The van der Waals surface area contributed by atoms with Crippen LogP contribution in [0, 0.1) is 0 Å². The molecule has 0 amide bonds. The van der Waals surface area contributed by atoms with E-state index in [2.05, 4.69) is 9.88 Å². The Morgan fingerprint density at radius 1 is 1.44 bits per heavy atom. The molecule has 1 unspecified atom stereocenters. The number of likely N-dealkylation sites (tertiary alicyclic amines) is 1. The molecule has 5 heteroatoms. The highest BCUT2D eigenvalue weighted by Gasteiger charge is 2.20. The van der Waals surface area contributed by atoms with E-state index in [1.165, 1.54) is 19.3 Å². The minimum Gasteiger partial charge on any atom is -0.395 e. The van der Waals surface area contributed by atoms with Gasteiger partial charge < -0.3 is 5.11 Å². The first-order chi connectivity index (χ1) is 8.83. The summed E-state index contributed by atoms with van der Waals surface area (Å²) in [6, 6.07) is 0.347. The number of thiazole rings is 1. The standard InChI is InChI=1S/C13H21ClN2OS/c14-8-11-10-18-13(15-11)5-7-16-6-3-1-2-4-12(16)9-17/h10,12,17H,1-9H2. The molecule has 0 aliphatic carbocycles. The van der Waals surface area contributed by atoms with Crippen LogP contribution < -0.4 is 0 Å². The number of hydrogen-bond acceptors (Lipinski definition) is 4. The zero-order valence-electron chi connectivity index (χ0n) is 10.6. The van der Waals surface area contributed by atoms with E-state index in [-0.39, 0.29) is 6.61 Å². The van der Waals surface area contributed by atoms with Crippen molar-refractivity contribution in [3.63, 3.8) is 0 Å². The molecule has 2 rings (SSSR count). The van der Waals surface area contributed by atoms with Crippen molar-refractivity contribution in [2.75, 3.05) is 19.7 Å². The van der Waals surface area contributed by atoms with Crippen molar-refractivity contribution in [2.24, 2.45) is 0 Å². The lowest BCUT2D eigenvalue weighted by molar-refractivity contribution is 0.125. The number of alkyl halides is 1. The molecule has 1 N–H and O–H groups in total. The van der Waals surface area contributed by atoms with Gasteiger partial charge in [0.15, 0.2) is 0 Å². The Morgan fingerprint density at radius 3 is 3.06 bits per heavy atom. The Morgan fingerprint density at radius 2 is 2.33 bits per heavy atom. The normalized spacial score (nSPS) is 22.0. The maximum absolute atomic E-state index is 9.45. The molecule has 18 heavy (non-hydrogen) atoms. The molecule has 0 saturated carbocycles. The van der Waals surface area contributed by atoms with Gasteiger partial charge in [-0.1, -0.05) is 12.8 Å². The second-order valence-electron chi connectivity index (χ2n) is 4.84. The van der Waals surface area contributed by atoms with Crippen LogP contribution in [0.2, 0.25) is 0 Å². The summed E-state index contributed by atoms with van der Waals surface area (Å²) in [5.41, 5.74) is 0.978. The fraction of sp³-hybridized carbons (Fsp3) is 0.769. The summed E-state index contributed by atoms with van der Waals surface area (Å²) in [6.45, 7) is 2.39. The molecule has 1 aromatic heterocycles. The molecule has 2 heterocycles. The molecular weight excluding hydrogens is 268 g/mol. The zero-order valence-corrected chi connectivity index (χ0v) is 12.2. The molecular formula is C13H21ClN2OS. The van der Waals surface area contributed by atoms with Crippen LogP contribution >= 0.6 is 22.9 Å². The third-order valence-electron chi connectivity index (χ3n) is 3.56. The monoisotopic (exact) mass is 288 g/mol. The maximum Gasteiger partial charge on any atom is 0.0941 e. The highest BCUT2D eigenvalue weighted by molar-refractivity contribution is 7.09. The van der Waals surface area contributed by atoms with Crippen molar-refractivity contribution in [2.45, 2.75) is 44.0 Å². The van der Waals surface area contributed by atoms with Gasteiger partial charge in [0.25, 0.3) is 0 Å². The summed E-state index contributed by atoms with van der Waals surface area (Å²) >= 11 is 7.45. The van der Waals surface area contributed by atoms with E-state index in [9.17, 15) is 5.11 Å². The minimum absolute atomic E-state index is 0.283. The van der Waals surface area contributed by atoms with E-state index < -0.39 is 0 Å². The fourth-order valence-electron chi connectivity index (χ4n) is 2.50. The lowest BCUT2D eigenvalue weighted by Gasteiger charge is -2.27. The Balaban J connectivity index is 1.86. The van der Waals surface area contributed by atoms with Crippen LogP contribution in [0.5, 0.6) is 0 Å². The average molecular weight is 289 g/mol. The first-order valence-electron chi connectivity index (χ1n) is 6.67. The zero-order chi connectivity index (χ0) is 12.8. The van der Waals surface area contributed by atoms with E-state index in [1.54, 1.807) is 11.3 Å². The van der Waals surface area contributed by atoms with E-state index in [0.29, 0.717) is 11.9 Å². The summed E-state index contributed by atoms with van der Waals surface area (Å²) < 4.78 is 0. The van der Waals surface area contributed by atoms with Gasteiger partial charge in [-0.15, -0.1) is 22.9 Å². The van der Waals surface area contributed by atoms with Crippen molar-refractivity contribution in [3.05, 3.63) is 16.1 Å². The van der Waals surface area contributed by atoms with Gasteiger partial charge >= 0.3 is 0 Å². The summed E-state index contributed by atoms with van der Waals surface area (Å²) in [5.74, 6) is 0.499.